The van der Waals surface area contributed by atoms with Crippen molar-refractivity contribution in [3.8, 4) is 0 Å². The Hall–Kier alpha value is -2.11. The molecule has 2 aromatic rings. The number of hydrogen-bond acceptors (Lipinski definition) is 3. The largest absolute Gasteiger partial charge is 0.269 e. The number of imide groups is 1. The van der Waals surface area contributed by atoms with Crippen LogP contribution in [0.3, 0.4) is 0 Å². The molecule has 2 amide bonds. The van der Waals surface area contributed by atoms with Crippen LogP contribution >= 0.6 is 23.4 Å². The molecule has 0 unspecified atom stereocenters. The lowest BCUT2D eigenvalue weighted by Crippen LogP contribution is -2.31. The Morgan fingerprint density at radius 3 is 2.31 bits per heavy atom. The van der Waals surface area contributed by atoms with E-state index in [0.717, 1.165) is 0 Å². The van der Waals surface area contributed by atoms with E-state index in [4.69, 9.17) is 11.6 Å². The highest BCUT2D eigenvalue weighted by Gasteiger charge is 2.39. The quantitative estimate of drug-likeness (QED) is 0.682. The van der Waals surface area contributed by atoms with Crippen molar-refractivity contribution in [1.82, 2.24) is 4.90 Å². The second kappa shape index (κ2) is 7.64. The third-order valence-corrected chi connectivity index (χ3v) is 5.35. The van der Waals surface area contributed by atoms with Crippen LogP contribution in [-0.2, 0) is 16.1 Å². The molecule has 0 fully saturated rings. The molecular weight excluding hydrogens is 373 g/mol. The highest BCUT2D eigenvalue weighted by molar-refractivity contribution is 8.04. The summed E-state index contributed by atoms with van der Waals surface area (Å²) in [6.07, 6.45) is 0. The van der Waals surface area contributed by atoms with Gasteiger partial charge in [0.05, 0.1) is 17.0 Å². The Bertz CT molecular complexity index is 893. The maximum atomic E-state index is 13.3. The van der Waals surface area contributed by atoms with E-state index in [1.54, 1.807) is 18.2 Å². The standard InChI is InChI=1S/C20H17ClFNO2S/c1-12(2)26-18-17(13-7-9-15(22)10-8-13)19(24)23(20(18)25)11-14-5-3-4-6-16(14)21/h3-10,12H,11H2,1-2H3. The van der Waals surface area contributed by atoms with E-state index in [2.05, 4.69) is 0 Å². The lowest BCUT2D eigenvalue weighted by molar-refractivity contribution is -0.137. The summed E-state index contributed by atoms with van der Waals surface area (Å²) in [4.78, 5) is 27.5. The number of carbonyl (C=O) groups excluding carboxylic acids is 2. The second-order valence-corrected chi connectivity index (χ2v) is 8.16. The van der Waals surface area contributed by atoms with Gasteiger partial charge in [0, 0.05) is 10.3 Å². The number of halogens is 2. The maximum Gasteiger partial charge on any atom is 0.268 e. The average Bonchev–Trinajstić information content (AvgIpc) is 2.82. The molecule has 3 rings (SSSR count). The van der Waals surface area contributed by atoms with Crippen LogP contribution in [-0.4, -0.2) is 22.0 Å². The van der Waals surface area contributed by atoms with Crippen molar-refractivity contribution in [3.63, 3.8) is 0 Å². The van der Waals surface area contributed by atoms with E-state index in [-0.39, 0.29) is 23.6 Å². The third-order valence-electron chi connectivity index (χ3n) is 3.90. The summed E-state index contributed by atoms with van der Waals surface area (Å²) < 4.78 is 13.3. The Labute approximate surface area is 160 Å². The number of amides is 2. The predicted octanol–water partition coefficient (Wildman–Crippen LogP) is 4.90. The van der Waals surface area contributed by atoms with E-state index >= 15 is 0 Å². The van der Waals surface area contributed by atoms with Gasteiger partial charge in [0.2, 0.25) is 0 Å². The summed E-state index contributed by atoms with van der Waals surface area (Å²) in [6.45, 7) is 4.01. The molecule has 0 saturated heterocycles. The van der Waals surface area contributed by atoms with Crippen LogP contribution in [0.2, 0.25) is 5.02 Å². The number of rotatable bonds is 5. The average molecular weight is 390 g/mol. The van der Waals surface area contributed by atoms with Gasteiger partial charge in [-0.1, -0.05) is 55.8 Å². The number of nitrogens with zero attached hydrogens (tertiary/aromatic N) is 1. The minimum Gasteiger partial charge on any atom is -0.269 e. The smallest absolute Gasteiger partial charge is 0.268 e. The number of benzene rings is 2. The molecule has 0 saturated carbocycles. The normalized spacial score (nSPS) is 14.7. The van der Waals surface area contributed by atoms with Gasteiger partial charge in [0.1, 0.15) is 5.82 Å². The van der Waals surface area contributed by atoms with Crippen LogP contribution in [0, 0.1) is 5.82 Å². The van der Waals surface area contributed by atoms with Crippen LogP contribution in [0.5, 0.6) is 0 Å². The van der Waals surface area contributed by atoms with Gasteiger partial charge >= 0.3 is 0 Å². The van der Waals surface area contributed by atoms with Gasteiger partial charge in [0.15, 0.2) is 0 Å². The minimum atomic E-state index is -0.392. The highest BCUT2D eigenvalue weighted by atomic mass is 35.5. The summed E-state index contributed by atoms with van der Waals surface area (Å²) in [5.74, 6) is -1.12. The molecule has 0 N–H and O–H groups in total. The van der Waals surface area contributed by atoms with Gasteiger partial charge in [-0.25, -0.2) is 4.39 Å². The van der Waals surface area contributed by atoms with Crippen molar-refractivity contribution < 1.29 is 14.0 Å². The summed E-state index contributed by atoms with van der Waals surface area (Å²) in [5, 5.41) is 0.624. The zero-order valence-corrected chi connectivity index (χ0v) is 15.9. The molecule has 26 heavy (non-hydrogen) atoms. The third kappa shape index (κ3) is 3.69. The minimum absolute atomic E-state index is 0.101. The summed E-state index contributed by atoms with van der Waals surface area (Å²) in [7, 11) is 0. The van der Waals surface area contributed by atoms with Crippen LogP contribution in [0.15, 0.2) is 53.4 Å². The molecule has 0 radical (unpaired) electrons. The van der Waals surface area contributed by atoms with Gasteiger partial charge in [-0.05, 0) is 29.3 Å². The first kappa shape index (κ1) is 18.7. The molecule has 134 valence electrons. The van der Waals surface area contributed by atoms with E-state index in [1.165, 1.54) is 40.9 Å². The molecule has 0 spiro atoms. The van der Waals surface area contributed by atoms with Gasteiger partial charge in [0.25, 0.3) is 11.8 Å². The number of thioether (sulfide) groups is 1. The first-order valence-electron chi connectivity index (χ1n) is 8.15. The first-order chi connectivity index (χ1) is 12.4. The molecule has 0 aliphatic carbocycles. The lowest BCUT2D eigenvalue weighted by Gasteiger charge is -2.16. The van der Waals surface area contributed by atoms with Crippen molar-refractivity contribution in [3.05, 3.63) is 75.4 Å². The van der Waals surface area contributed by atoms with Gasteiger partial charge in [-0.15, -0.1) is 11.8 Å². The fourth-order valence-corrected chi connectivity index (χ4v) is 3.91. The molecule has 1 aliphatic heterocycles. The molecule has 6 heteroatoms. The van der Waals surface area contributed by atoms with Crippen LogP contribution in [0.1, 0.15) is 25.0 Å². The van der Waals surface area contributed by atoms with Crippen LogP contribution in [0.25, 0.3) is 5.57 Å². The van der Waals surface area contributed by atoms with Gasteiger partial charge in [-0.3, -0.25) is 14.5 Å². The Morgan fingerprint density at radius 1 is 1.04 bits per heavy atom. The lowest BCUT2D eigenvalue weighted by atomic mass is 10.1. The molecule has 3 nitrogen and oxygen atoms in total. The van der Waals surface area contributed by atoms with Crippen molar-refractivity contribution >= 4 is 40.8 Å². The second-order valence-electron chi connectivity index (χ2n) is 6.17. The zero-order valence-electron chi connectivity index (χ0n) is 14.3. The molecule has 0 bridgehead atoms. The molecule has 0 aromatic heterocycles. The SMILES string of the molecule is CC(C)SC1=C(c2ccc(F)cc2)C(=O)N(Cc2ccccc2Cl)C1=O. The van der Waals surface area contributed by atoms with Crippen molar-refractivity contribution in [2.45, 2.75) is 25.6 Å². The molecular formula is C20H17ClFNO2S. The first-order valence-corrected chi connectivity index (χ1v) is 9.40. The maximum absolute atomic E-state index is 13.3. The monoisotopic (exact) mass is 389 g/mol. The topological polar surface area (TPSA) is 37.4 Å². The molecule has 1 heterocycles. The van der Waals surface area contributed by atoms with Crippen molar-refractivity contribution in [2.75, 3.05) is 0 Å². The van der Waals surface area contributed by atoms with Crippen LogP contribution in [0.4, 0.5) is 4.39 Å². The Morgan fingerprint density at radius 2 is 1.69 bits per heavy atom. The predicted molar refractivity (Wildman–Crippen MR) is 103 cm³/mol. The van der Waals surface area contributed by atoms with Crippen molar-refractivity contribution in [2.24, 2.45) is 0 Å². The van der Waals surface area contributed by atoms with Crippen LogP contribution < -0.4 is 0 Å². The van der Waals surface area contributed by atoms with E-state index in [0.29, 0.717) is 26.6 Å². The summed E-state index contributed by atoms with van der Waals surface area (Å²) in [6, 6.07) is 12.7. The van der Waals surface area contributed by atoms with E-state index < -0.39 is 5.82 Å². The zero-order chi connectivity index (χ0) is 18.8. The van der Waals surface area contributed by atoms with Gasteiger partial charge in [-0.2, -0.15) is 0 Å². The van der Waals surface area contributed by atoms with E-state index in [1.807, 2.05) is 19.9 Å². The number of carbonyl (C=O) groups is 2. The van der Waals surface area contributed by atoms with E-state index in [9.17, 15) is 14.0 Å². The fourth-order valence-electron chi connectivity index (χ4n) is 2.71. The Kier molecular flexibility index (Phi) is 5.49. The van der Waals surface area contributed by atoms with Crippen molar-refractivity contribution in [1.29, 1.82) is 0 Å². The molecule has 2 aromatic carbocycles. The highest BCUT2D eigenvalue weighted by Crippen LogP contribution is 2.38. The van der Waals surface area contributed by atoms with Gasteiger partial charge < -0.3 is 0 Å². The Balaban J connectivity index is 2.00. The summed E-state index contributed by atoms with van der Waals surface area (Å²) >= 11 is 7.52. The fraction of sp³-hybridized carbons (Fsp3) is 0.200. The summed E-state index contributed by atoms with van der Waals surface area (Å²) in [5.41, 5.74) is 1.56. The number of hydrogen-bond donors (Lipinski definition) is 0. The molecule has 0 atom stereocenters. The molecule has 1 aliphatic rings.